The molecule has 1 N–H and O–H groups in total. The lowest BCUT2D eigenvalue weighted by Crippen LogP contribution is -2.70. The Morgan fingerprint density at radius 2 is 1.62 bits per heavy atom. The minimum atomic E-state index is -0.896. The maximum atomic E-state index is 11.9. The van der Waals surface area contributed by atoms with Crippen LogP contribution in [-0.2, 0) is 19.3 Å². The summed E-state index contributed by atoms with van der Waals surface area (Å²) in [6, 6.07) is 0. The van der Waals surface area contributed by atoms with Gasteiger partial charge < -0.3 is 19.6 Å². The largest absolute Gasteiger partial charge is 0.481 e. The molecule has 11 atom stereocenters. The van der Waals surface area contributed by atoms with Crippen molar-refractivity contribution in [3.05, 3.63) is 30.3 Å². The third-order valence-corrected chi connectivity index (χ3v) is 11.7. The molecule has 0 aromatic carbocycles. The van der Waals surface area contributed by atoms with Gasteiger partial charge in [0.05, 0.1) is 0 Å². The first-order chi connectivity index (χ1) is 18.1. The van der Waals surface area contributed by atoms with Crippen molar-refractivity contribution in [1.82, 2.24) is 0 Å². The van der Waals surface area contributed by atoms with Crippen molar-refractivity contribution in [2.75, 3.05) is 0 Å². The first-order valence-corrected chi connectivity index (χ1v) is 13.8. The van der Waals surface area contributed by atoms with E-state index in [0.29, 0.717) is 32.1 Å². The van der Waals surface area contributed by atoms with E-state index in [0.717, 1.165) is 12.8 Å². The van der Waals surface area contributed by atoms with Gasteiger partial charge >= 0.3 is 5.97 Å². The monoisotopic (exact) mass is 557 g/mol. The van der Waals surface area contributed by atoms with E-state index in [-0.39, 0.29) is 36.5 Å². The molecule has 4 fully saturated rings. The molecule has 39 heavy (non-hydrogen) atoms. The van der Waals surface area contributed by atoms with E-state index < -0.39 is 61.7 Å². The Hall–Kier alpha value is -2.93. The van der Waals surface area contributed by atoms with Gasteiger partial charge in [-0.05, 0) is 91.8 Å². The summed E-state index contributed by atoms with van der Waals surface area (Å²) in [6.45, 7) is 8.06. The van der Waals surface area contributed by atoms with Crippen molar-refractivity contribution in [1.29, 1.82) is 0 Å². The number of carbonyl (C=O) groups is 1. The van der Waals surface area contributed by atoms with Crippen LogP contribution in [0.2, 0.25) is 0 Å². The number of carboxylic acids is 1. The first kappa shape index (κ1) is 29.1. The number of fused-ring (bicyclic) bond motifs is 5. The molecule has 0 radical (unpaired) electrons. The van der Waals surface area contributed by atoms with Gasteiger partial charge in [-0.3, -0.25) is 4.79 Å². The molecule has 4 rings (SSSR count). The molecule has 0 heterocycles. The molecule has 0 aliphatic heterocycles. The van der Waals surface area contributed by atoms with Gasteiger partial charge in [-0.2, -0.15) is 0 Å². The fraction of sp³-hybridized carbons (Fsp3) is 0.960. The zero-order valence-electron chi connectivity index (χ0n) is 22.9. The zero-order valence-corrected chi connectivity index (χ0v) is 22.9. The molecule has 14 heteroatoms. The second-order valence-corrected chi connectivity index (χ2v) is 13.0. The number of hydrogen-bond acceptors (Lipinski definition) is 10. The summed E-state index contributed by atoms with van der Waals surface area (Å²) < 4.78 is 0. The van der Waals surface area contributed by atoms with Crippen molar-refractivity contribution in [2.45, 2.75) is 104 Å². The minimum Gasteiger partial charge on any atom is -0.481 e. The lowest BCUT2D eigenvalue weighted by atomic mass is 9.36. The predicted molar refractivity (Wildman–Crippen MR) is 132 cm³/mol. The molecule has 0 spiro atoms. The summed E-state index contributed by atoms with van der Waals surface area (Å²) in [5, 5.41) is 41.5. The van der Waals surface area contributed by atoms with Gasteiger partial charge in [0.15, 0.2) is 0 Å². The van der Waals surface area contributed by atoms with Crippen LogP contribution in [0.15, 0.2) is 0 Å². The normalized spacial score (nSPS) is 43.6. The highest BCUT2D eigenvalue weighted by Crippen LogP contribution is 2.74. The number of hydrogen-bond donors (Lipinski definition) is 1. The van der Waals surface area contributed by atoms with E-state index in [2.05, 4.69) is 6.92 Å². The summed E-state index contributed by atoms with van der Waals surface area (Å²) in [6.07, 6.45) is 1.42. The fourth-order valence-electron chi connectivity index (χ4n) is 9.85. The van der Waals surface area contributed by atoms with Crippen LogP contribution >= 0.6 is 0 Å². The van der Waals surface area contributed by atoms with Crippen molar-refractivity contribution in [3.8, 4) is 0 Å². The fourth-order valence-corrected chi connectivity index (χ4v) is 9.85. The van der Waals surface area contributed by atoms with Gasteiger partial charge in [-0.1, -0.05) is 27.7 Å². The van der Waals surface area contributed by atoms with Crippen molar-refractivity contribution in [2.24, 2.45) is 45.8 Å². The van der Waals surface area contributed by atoms with Crippen LogP contribution in [0.3, 0.4) is 0 Å². The van der Waals surface area contributed by atoms with E-state index in [1.807, 2.05) is 20.8 Å². The molecule has 0 saturated heterocycles. The third-order valence-electron chi connectivity index (χ3n) is 11.7. The minimum absolute atomic E-state index is 0.0224. The Morgan fingerprint density at radius 3 is 2.21 bits per heavy atom. The van der Waals surface area contributed by atoms with E-state index >= 15 is 0 Å². The average Bonchev–Trinajstić information content (AvgIpc) is 3.14. The summed E-state index contributed by atoms with van der Waals surface area (Å²) in [5.41, 5.74) is -1.94. The van der Waals surface area contributed by atoms with E-state index in [1.165, 1.54) is 0 Å². The van der Waals surface area contributed by atoms with Gasteiger partial charge in [-0.25, -0.2) is 0 Å². The molecule has 0 aromatic rings. The van der Waals surface area contributed by atoms with Crippen LogP contribution in [0, 0.1) is 76.2 Å². The second kappa shape index (κ2) is 10.2. The Balaban J connectivity index is 1.78. The van der Waals surface area contributed by atoms with Crippen LogP contribution in [0.1, 0.15) is 85.5 Å². The van der Waals surface area contributed by atoms with Crippen LogP contribution in [0.5, 0.6) is 0 Å². The molecule has 0 unspecified atom stereocenters. The maximum Gasteiger partial charge on any atom is 0.303 e. The summed E-state index contributed by atoms with van der Waals surface area (Å²) in [5.74, 6) is -1.53. The third kappa shape index (κ3) is 4.83. The van der Waals surface area contributed by atoms with E-state index in [9.17, 15) is 40.2 Å². The highest BCUT2D eigenvalue weighted by atomic mass is 17.0. The van der Waals surface area contributed by atoms with Crippen LogP contribution < -0.4 is 0 Å². The number of rotatable bonds is 10. The van der Waals surface area contributed by atoms with Crippen LogP contribution in [0.25, 0.3) is 0 Å². The highest BCUT2D eigenvalue weighted by molar-refractivity contribution is 5.66. The second-order valence-electron chi connectivity index (χ2n) is 13.0. The van der Waals surface area contributed by atoms with Gasteiger partial charge in [0, 0.05) is 11.8 Å². The molecular formula is C25H39N3O11. The van der Waals surface area contributed by atoms with Crippen LogP contribution in [-0.4, -0.2) is 44.6 Å². The topological polar surface area (TPSA) is 194 Å². The molecule has 4 aliphatic carbocycles. The Kier molecular flexibility index (Phi) is 7.63. The zero-order chi connectivity index (χ0) is 28.9. The maximum absolute atomic E-state index is 11.9. The standard InChI is InChI=1S/C25H39N3O11/c1-14(5-8-21(29)30)17-6-7-18-22-19(38-27(33)34)12-15-11-16(37-26(31)32)9-10-24(15,3)25(22,4)20(39-28(35)36)13-23(17,18)2/h14-20,22H,5-13H2,1-4H3,(H,29,30)/t14-,15+,16-,17-,18+,19-,20-,22-,23-,24+,25+/m1/s1. The van der Waals surface area contributed by atoms with E-state index in [1.54, 1.807) is 0 Å². The molecule has 0 bridgehead atoms. The van der Waals surface area contributed by atoms with E-state index in [4.69, 9.17) is 14.5 Å². The van der Waals surface area contributed by atoms with Gasteiger partial charge in [0.2, 0.25) is 0 Å². The summed E-state index contributed by atoms with van der Waals surface area (Å²) in [7, 11) is 0. The molecule has 4 aliphatic rings. The average molecular weight is 558 g/mol. The quantitative estimate of drug-likeness (QED) is 0.294. The molecule has 0 aromatic heterocycles. The molecule has 0 amide bonds. The number of aliphatic carboxylic acids is 1. The summed E-state index contributed by atoms with van der Waals surface area (Å²) in [4.78, 5) is 61.6. The molecule has 220 valence electrons. The SMILES string of the molecule is C[C@H](CCC(=O)O)[C@H]1CC[C@H]2[C@@H]3[C@H](O[N+](=O)[O-])C[C@@H]4C[C@H](O[N+](=O)[O-])CC[C@]4(C)[C@@]3(C)[C@H](O[N+](=O)[O-])C[C@]12C. The molecule has 4 saturated carbocycles. The van der Waals surface area contributed by atoms with Crippen LogP contribution in [0.4, 0.5) is 0 Å². The lowest BCUT2D eigenvalue weighted by molar-refractivity contribution is -0.784. The van der Waals surface area contributed by atoms with Crippen molar-refractivity contribution >= 4 is 5.97 Å². The highest BCUT2D eigenvalue weighted by Gasteiger charge is 2.72. The number of nitrogens with zero attached hydrogens (tertiary/aromatic N) is 3. The Morgan fingerprint density at radius 1 is 0.974 bits per heavy atom. The van der Waals surface area contributed by atoms with Crippen molar-refractivity contribution in [3.63, 3.8) is 0 Å². The smallest absolute Gasteiger partial charge is 0.303 e. The molecule has 14 nitrogen and oxygen atoms in total. The van der Waals surface area contributed by atoms with Gasteiger partial charge in [0.1, 0.15) is 18.3 Å². The van der Waals surface area contributed by atoms with Gasteiger partial charge in [0.25, 0.3) is 15.3 Å². The summed E-state index contributed by atoms with van der Waals surface area (Å²) >= 11 is 0. The van der Waals surface area contributed by atoms with Crippen molar-refractivity contribution < 1.29 is 39.7 Å². The number of carboxylic acid groups (broad SMARTS) is 1. The molecular weight excluding hydrogens is 518 g/mol. The predicted octanol–water partition coefficient (Wildman–Crippen LogP) is 4.49. The van der Waals surface area contributed by atoms with Gasteiger partial charge in [-0.15, -0.1) is 30.3 Å². The Labute approximate surface area is 226 Å². The first-order valence-electron chi connectivity index (χ1n) is 13.8. The Bertz CT molecular complexity index is 1010. The lowest BCUT2D eigenvalue weighted by Gasteiger charge is -2.69.